The first-order chi connectivity index (χ1) is 5.09. The second-order valence-electron chi connectivity index (χ2n) is 2.66. The summed E-state index contributed by atoms with van der Waals surface area (Å²) in [7, 11) is 0. The summed E-state index contributed by atoms with van der Waals surface area (Å²) in [4.78, 5) is 10.4. The Labute approximate surface area is 63.8 Å². The molecule has 4 heteroatoms. The smallest absolute Gasteiger partial charge is 0.331 e. The molecule has 0 saturated heterocycles. The number of carbonyl (C=O) groups is 1. The van der Waals surface area contributed by atoms with E-state index in [9.17, 15) is 4.79 Å². The van der Waals surface area contributed by atoms with E-state index in [4.69, 9.17) is 15.3 Å². The molecule has 0 saturated carbocycles. The van der Waals surface area contributed by atoms with E-state index in [1.54, 1.807) is 0 Å². The summed E-state index contributed by atoms with van der Waals surface area (Å²) in [5.74, 6) is -1.07. The molecule has 0 aliphatic heterocycles. The second-order valence-corrected chi connectivity index (χ2v) is 2.66. The SMILES string of the molecule is O=C(O)C1=CC(O)CC(O)C1. The molecule has 0 heterocycles. The number of carboxylic acid groups (broad SMARTS) is 1. The predicted octanol–water partition coefficient (Wildman–Crippen LogP) is -0.487. The van der Waals surface area contributed by atoms with Crippen LogP contribution in [0.5, 0.6) is 0 Å². The zero-order chi connectivity index (χ0) is 8.43. The van der Waals surface area contributed by atoms with Crippen molar-refractivity contribution in [1.82, 2.24) is 0 Å². The fourth-order valence-electron chi connectivity index (χ4n) is 1.14. The van der Waals surface area contributed by atoms with Gasteiger partial charge in [-0.2, -0.15) is 0 Å². The Morgan fingerprint density at radius 3 is 2.64 bits per heavy atom. The van der Waals surface area contributed by atoms with Crippen molar-refractivity contribution in [2.24, 2.45) is 0 Å². The second kappa shape index (κ2) is 3.02. The largest absolute Gasteiger partial charge is 0.478 e. The summed E-state index contributed by atoms with van der Waals surface area (Å²) >= 11 is 0. The summed E-state index contributed by atoms with van der Waals surface area (Å²) < 4.78 is 0. The van der Waals surface area contributed by atoms with Crippen molar-refractivity contribution >= 4 is 5.97 Å². The minimum absolute atomic E-state index is 0.0938. The third-order valence-corrected chi connectivity index (χ3v) is 1.64. The Kier molecular flexibility index (Phi) is 2.26. The van der Waals surface area contributed by atoms with Crippen LogP contribution in [0.25, 0.3) is 0 Å². The average molecular weight is 158 g/mol. The first kappa shape index (κ1) is 8.23. The van der Waals surface area contributed by atoms with E-state index in [0.29, 0.717) is 0 Å². The van der Waals surface area contributed by atoms with Crippen LogP contribution in [0, 0.1) is 0 Å². The first-order valence-corrected chi connectivity index (χ1v) is 3.39. The average Bonchev–Trinajstić information content (AvgIpc) is 1.85. The van der Waals surface area contributed by atoms with Crippen molar-refractivity contribution in [3.05, 3.63) is 11.6 Å². The van der Waals surface area contributed by atoms with Crippen LogP contribution in [-0.2, 0) is 4.79 Å². The summed E-state index contributed by atoms with van der Waals surface area (Å²) in [5.41, 5.74) is 0.0938. The maximum Gasteiger partial charge on any atom is 0.331 e. The number of aliphatic hydroxyl groups is 2. The Balaban J connectivity index is 2.72. The molecule has 0 aromatic carbocycles. The minimum Gasteiger partial charge on any atom is -0.478 e. The normalized spacial score (nSPS) is 31.3. The Morgan fingerprint density at radius 1 is 1.55 bits per heavy atom. The number of aliphatic hydroxyl groups excluding tert-OH is 2. The number of aliphatic carboxylic acids is 1. The summed E-state index contributed by atoms with van der Waals surface area (Å²) in [6.07, 6.45) is 0.101. The summed E-state index contributed by atoms with van der Waals surface area (Å²) in [5, 5.41) is 26.5. The van der Waals surface area contributed by atoms with Crippen molar-refractivity contribution in [3.63, 3.8) is 0 Å². The van der Waals surface area contributed by atoms with Crippen LogP contribution in [0.1, 0.15) is 12.8 Å². The third kappa shape index (κ3) is 2.03. The molecule has 4 nitrogen and oxygen atoms in total. The monoisotopic (exact) mass is 158 g/mol. The van der Waals surface area contributed by atoms with E-state index in [1.165, 1.54) is 6.08 Å². The number of hydrogen-bond acceptors (Lipinski definition) is 3. The van der Waals surface area contributed by atoms with Gasteiger partial charge in [0.1, 0.15) is 0 Å². The Morgan fingerprint density at radius 2 is 2.18 bits per heavy atom. The van der Waals surface area contributed by atoms with Crippen molar-refractivity contribution in [2.75, 3.05) is 0 Å². The van der Waals surface area contributed by atoms with Crippen LogP contribution in [0.4, 0.5) is 0 Å². The molecule has 1 rings (SSSR count). The van der Waals surface area contributed by atoms with E-state index in [1.807, 2.05) is 0 Å². The molecule has 0 spiro atoms. The van der Waals surface area contributed by atoms with Gasteiger partial charge in [0.15, 0.2) is 0 Å². The van der Waals surface area contributed by atoms with Gasteiger partial charge in [-0.1, -0.05) is 0 Å². The molecule has 0 aromatic rings. The topological polar surface area (TPSA) is 77.8 Å². The van der Waals surface area contributed by atoms with Gasteiger partial charge in [-0.05, 0) is 6.08 Å². The van der Waals surface area contributed by atoms with Gasteiger partial charge in [-0.15, -0.1) is 0 Å². The number of rotatable bonds is 1. The minimum atomic E-state index is -1.07. The van der Waals surface area contributed by atoms with Gasteiger partial charge in [-0.3, -0.25) is 0 Å². The molecule has 0 bridgehead atoms. The van der Waals surface area contributed by atoms with Crippen molar-refractivity contribution in [1.29, 1.82) is 0 Å². The van der Waals surface area contributed by atoms with Crippen LogP contribution in [-0.4, -0.2) is 33.5 Å². The van der Waals surface area contributed by atoms with E-state index in [2.05, 4.69) is 0 Å². The first-order valence-electron chi connectivity index (χ1n) is 3.39. The van der Waals surface area contributed by atoms with Crippen LogP contribution in [0.15, 0.2) is 11.6 Å². The highest BCUT2D eigenvalue weighted by Crippen LogP contribution is 2.18. The molecule has 0 radical (unpaired) electrons. The highest BCUT2D eigenvalue weighted by Gasteiger charge is 2.22. The van der Waals surface area contributed by atoms with Gasteiger partial charge in [0, 0.05) is 18.4 Å². The zero-order valence-corrected chi connectivity index (χ0v) is 5.90. The molecule has 62 valence electrons. The fraction of sp³-hybridized carbons (Fsp3) is 0.571. The molecule has 0 fully saturated rings. The van der Waals surface area contributed by atoms with Crippen molar-refractivity contribution in [2.45, 2.75) is 25.0 Å². The molecular formula is C7H10O4. The lowest BCUT2D eigenvalue weighted by Gasteiger charge is -2.19. The summed E-state index contributed by atoms with van der Waals surface area (Å²) in [6, 6.07) is 0. The van der Waals surface area contributed by atoms with Gasteiger partial charge in [-0.25, -0.2) is 4.79 Å². The molecule has 0 aromatic heterocycles. The molecule has 3 N–H and O–H groups in total. The Hall–Kier alpha value is -0.870. The molecule has 2 atom stereocenters. The molecular weight excluding hydrogens is 148 g/mol. The third-order valence-electron chi connectivity index (χ3n) is 1.64. The molecule has 0 amide bonds. The molecule has 2 unspecified atom stereocenters. The van der Waals surface area contributed by atoms with Crippen LogP contribution in [0.2, 0.25) is 0 Å². The van der Waals surface area contributed by atoms with Gasteiger partial charge in [0.2, 0.25) is 0 Å². The predicted molar refractivity (Wildman–Crippen MR) is 37.0 cm³/mol. The highest BCUT2D eigenvalue weighted by atomic mass is 16.4. The van der Waals surface area contributed by atoms with Crippen molar-refractivity contribution < 1.29 is 20.1 Å². The molecule has 1 aliphatic carbocycles. The number of carboxylic acids is 1. The van der Waals surface area contributed by atoms with Gasteiger partial charge in [0.25, 0.3) is 0 Å². The Bertz CT molecular complexity index is 197. The quantitative estimate of drug-likeness (QED) is 0.481. The highest BCUT2D eigenvalue weighted by molar-refractivity contribution is 5.86. The van der Waals surface area contributed by atoms with E-state index < -0.39 is 18.2 Å². The lowest BCUT2D eigenvalue weighted by atomic mass is 9.95. The van der Waals surface area contributed by atoms with Crippen LogP contribution >= 0.6 is 0 Å². The van der Waals surface area contributed by atoms with Gasteiger partial charge < -0.3 is 15.3 Å². The number of hydrogen-bond donors (Lipinski definition) is 3. The maximum absolute atomic E-state index is 10.4. The van der Waals surface area contributed by atoms with Gasteiger partial charge in [0.05, 0.1) is 12.2 Å². The molecule has 11 heavy (non-hydrogen) atoms. The fourth-order valence-corrected chi connectivity index (χ4v) is 1.14. The van der Waals surface area contributed by atoms with E-state index >= 15 is 0 Å². The van der Waals surface area contributed by atoms with Crippen LogP contribution in [0.3, 0.4) is 0 Å². The van der Waals surface area contributed by atoms with Gasteiger partial charge >= 0.3 is 5.97 Å². The maximum atomic E-state index is 10.4. The van der Waals surface area contributed by atoms with E-state index in [0.717, 1.165) is 0 Å². The molecule has 1 aliphatic rings. The van der Waals surface area contributed by atoms with E-state index in [-0.39, 0.29) is 18.4 Å². The lowest BCUT2D eigenvalue weighted by molar-refractivity contribution is -0.133. The summed E-state index contributed by atoms with van der Waals surface area (Å²) in [6.45, 7) is 0. The lowest BCUT2D eigenvalue weighted by Crippen LogP contribution is -2.24. The standard InChI is InChI=1S/C7H10O4/c8-5-1-4(7(10)11)2-6(9)3-5/h1,5-6,8-9H,2-3H2,(H,10,11). The van der Waals surface area contributed by atoms with Crippen molar-refractivity contribution in [3.8, 4) is 0 Å². The zero-order valence-electron chi connectivity index (χ0n) is 5.90. The van der Waals surface area contributed by atoms with Crippen LogP contribution < -0.4 is 0 Å².